The number of nitrogens with two attached hydrogens (primary N) is 2. The molecule has 1 aliphatic rings. The molecule has 5 N–H and O–H groups in total. The summed E-state index contributed by atoms with van der Waals surface area (Å²) in [6.45, 7) is 4.99. The van der Waals surface area contributed by atoms with Gasteiger partial charge in [0.1, 0.15) is 6.04 Å². The fourth-order valence-electron chi connectivity index (χ4n) is 2.18. The Morgan fingerprint density at radius 1 is 1.39 bits per heavy atom. The molecule has 0 radical (unpaired) electrons. The fourth-order valence-corrected chi connectivity index (χ4v) is 2.18. The number of nitrogens with zero attached hydrogens (tertiary/aromatic N) is 1. The maximum atomic E-state index is 12.0. The van der Waals surface area contributed by atoms with Crippen LogP contribution >= 0.6 is 0 Å². The lowest BCUT2D eigenvalue weighted by Crippen LogP contribution is -2.54. The van der Waals surface area contributed by atoms with Crippen molar-refractivity contribution in [3.63, 3.8) is 0 Å². The summed E-state index contributed by atoms with van der Waals surface area (Å²) in [7, 11) is 0. The predicted molar refractivity (Wildman–Crippen MR) is 69.8 cm³/mol. The largest absolute Gasteiger partial charge is 0.352 e. The van der Waals surface area contributed by atoms with E-state index in [0.29, 0.717) is 19.5 Å². The summed E-state index contributed by atoms with van der Waals surface area (Å²) in [5.41, 5.74) is 11.0. The van der Waals surface area contributed by atoms with Crippen LogP contribution in [0.3, 0.4) is 0 Å². The third-order valence-corrected chi connectivity index (χ3v) is 3.86. The molecule has 1 aliphatic heterocycles. The maximum absolute atomic E-state index is 12.0. The van der Waals surface area contributed by atoms with Gasteiger partial charge in [0.05, 0.1) is 0 Å². The summed E-state index contributed by atoms with van der Waals surface area (Å²) >= 11 is 0. The van der Waals surface area contributed by atoms with E-state index >= 15 is 0 Å². The number of hydrogen-bond acceptors (Lipinski definition) is 3. The smallest absolute Gasteiger partial charge is 0.315 e. The average molecular weight is 256 g/mol. The van der Waals surface area contributed by atoms with Crippen LogP contribution in [0.5, 0.6) is 0 Å². The first-order chi connectivity index (χ1) is 8.43. The Bertz CT molecular complexity index is 315. The van der Waals surface area contributed by atoms with Crippen LogP contribution in [0.25, 0.3) is 0 Å². The highest BCUT2D eigenvalue weighted by molar-refractivity contribution is 5.87. The van der Waals surface area contributed by atoms with Crippen molar-refractivity contribution >= 4 is 11.9 Å². The van der Waals surface area contributed by atoms with Crippen molar-refractivity contribution < 1.29 is 9.59 Å². The Hall–Kier alpha value is -1.30. The average Bonchev–Trinajstić information content (AvgIpc) is 2.85. The summed E-state index contributed by atoms with van der Waals surface area (Å²) in [6.07, 6.45) is 3.09. The van der Waals surface area contributed by atoms with Crippen LogP contribution in [-0.2, 0) is 4.79 Å². The summed E-state index contributed by atoms with van der Waals surface area (Å²) < 4.78 is 0. The number of nitrogens with one attached hydrogen (secondary N) is 1. The van der Waals surface area contributed by atoms with E-state index in [4.69, 9.17) is 11.5 Å². The van der Waals surface area contributed by atoms with Crippen LogP contribution in [0.15, 0.2) is 0 Å². The van der Waals surface area contributed by atoms with Gasteiger partial charge in [0.15, 0.2) is 0 Å². The van der Waals surface area contributed by atoms with Gasteiger partial charge in [-0.05, 0) is 25.7 Å². The van der Waals surface area contributed by atoms with Gasteiger partial charge in [0.25, 0.3) is 0 Å². The molecular formula is C12H24N4O2. The topological polar surface area (TPSA) is 101 Å². The molecule has 104 valence electrons. The van der Waals surface area contributed by atoms with Gasteiger partial charge in [-0.3, -0.25) is 4.79 Å². The molecule has 0 unspecified atom stereocenters. The highest BCUT2D eigenvalue weighted by atomic mass is 16.2. The van der Waals surface area contributed by atoms with Crippen LogP contribution in [0, 0.1) is 0 Å². The number of carbonyl (C=O) groups is 2. The Kier molecular flexibility index (Phi) is 4.95. The minimum Gasteiger partial charge on any atom is -0.352 e. The van der Waals surface area contributed by atoms with Crippen molar-refractivity contribution in [2.24, 2.45) is 11.5 Å². The van der Waals surface area contributed by atoms with Gasteiger partial charge < -0.3 is 21.7 Å². The molecule has 0 bridgehead atoms. The van der Waals surface area contributed by atoms with Crippen molar-refractivity contribution in [2.75, 3.05) is 13.1 Å². The number of carbonyl (C=O) groups excluding carboxylic acids is 2. The standard InChI is InChI=1S/C12H24N4O2/c1-3-12(14,4-2)8-15-10(17)9-6-5-7-16(9)11(13)18/h9H,3-8,14H2,1-2H3,(H2,13,18)(H,15,17)/t9-/m0/s1. The molecular weight excluding hydrogens is 232 g/mol. The van der Waals surface area contributed by atoms with Gasteiger partial charge in [-0.25, -0.2) is 4.79 Å². The second kappa shape index (κ2) is 6.04. The number of primary amides is 1. The van der Waals surface area contributed by atoms with E-state index in [-0.39, 0.29) is 11.4 Å². The number of hydrogen-bond donors (Lipinski definition) is 3. The zero-order valence-electron chi connectivity index (χ0n) is 11.2. The summed E-state index contributed by atoms with van der Waals surface area (Å²) in [6, 6.07) is -0.960. The lowest BCUT2D eigenvalue weighted by atomic mass is 9.94. The minimum absolute atomic E-state index is 0.150. The van der Waals surface area contributed by atoms with Crippen molar-refractivity contribution in [1.82, 2.24) is 10.2 Å². The molecule has 0 spiro atoms. The molecule has 0 aromatic carbocycles. The van der Waals surface area contributed by atoms with Crippen molar-refractivity contribution in [3.8, 4) is 0 Å². The van der Waals surface area contributed by atoms with Gasteiger partial charge in [0, 0.05) is 18.6 Å². The zero-order valence-corrected chi connectivity index (χ0v) is 11.2. The zero-order chi connectivity index (χ0) is 13.8. The van der Waals surface area contributed by atoms with E-state index in [1.807, 2.05) is 13.8 Å². The van der Waals surface area contributed by atoms with E-state index in [1.54, 1.807) is 0 Å². The molecule has 1 atom stereocenters. The number of likely N-dealkylation sites (tertiary alicyclic amines) is 1. The second-order valence-electron chi connectivity index (χ2n) is 4.98. The molecule has 0 saturated carbocycles. The Balaban J connectivity index is 2.53. The van der Waals surface area contributed by atoms with E-state index in [1.165, 1.54) is 4.90 Å². The summed E-state index contributed by atoms with van der Waals surface area (Å²) in [4.78, 5) is 24.6. The van der Waals surface area contributed by atoms with Crippen LogP contribution < -0.4 is 16.8 Å². The first-order valence-electron chi connectivity index (χ1n) is 6.56. The van der Waals surface area contributed by atoms with E-state index in [9.17, 15) is 9.59 Å². The minimum atomic E-state index is -0.530. The van der Waals surface area contributed by atoms with Crippen LogP contribution in [0.4, 0.5) is 4.79 Å². The Labute approximate surface area is 108 Å². The molecule has 18 heavy (non-hydrogen) atoms. The monoisotopic (exact) mass is 256 g/mol. The Morgan fingerprint density at radius 2 is 2.00 bits per heavy atom. The van der Waals surface area contributed by atoms with E-state index in [2.05, 4.69) is 5.32 Å². The quantitative estimate of drug-likeness (QED) is 0.653. The summed E-state index contributed by atoms with van der Waals surface area (Å²) in [5, 5.41) is 2.84. The van der Waals surface area contributed by atoms with Crippen LogP contribution in [0.1, 0.15) is 39.5 Å². The maximum Gasteiger partial charge on any atom is 0.315 e. The first kappa shape index (κ1) is 14.8. The highest BCUT2D eigenvalue weighted by Crippen LogP contribution is 2.17. The molecule has 0 aromatic heterocycles. The number of urea groups is 1. The van der Waals surface area contributed by atoms with Gasteiger partial charge >= 0.3 is 6.03 Å². The SMILES string of the molecule is CCC(N)(CC)CNC(=O)[C@@H]1CCCN1C(N)=O. The van der Waals surface area contributed by atoms with Crippen LogP contribution in [-0.4, -0.2) is 41.5 Å². The van der Waals surface area contributed by atoms with Crippen LogP contribution in [0.2, 0.25) is 0 Å². The van der Waals surface area contributed by atoms with Gasteiger partial charge in [-0.15, -0.1) is 0 Å². The number of amides is 3. The fraction of sp³-hybridized carbons (Fsp3) is 0.833. The Morgan fingerprint density at radius 3 is 2.50 bits per heavy atom. The van der Waals surface area contributed by atoms with Crippen molar-refractivity contribution in [3.05, 3.63) is 0 Å². The highest BCUT2D eigenvalue weighted by Gasteiger charge is 2.33. The van der Waals surface area contributed by atoms with E-state index in [0.717, 1.165) is 19.3 Å². The normalized spacial score (nSPS) is 19.9. The number of rotatable bonds is 5. The van der Waals surface area contributed by atoms with Gasteiger partial charge in [-0.2, -0.15) is 0 Å². The third-order valence-electron chi connectivity index (χ3n) is 3.86. The molecule has 0 aromatic rings. The van der Waals surface area contributed by atoms with Gasteiger partial charge in [-0.1, -0.05) is 13.8 Å². The van der Waals surface area contributed by atoms with Crippen molar-refractivity contribution in [2.45, 2.75) is 51.1 Å². The molecule has 6 heteroatoms. The lowest BCUT2D eigenvalue weighted by molar-refractivity contribution is -0.124. The molecule has 1 fully saturated rings. The summed E-state index contributed by atoms with van der Waals surface area (Å²) in [5.74, 6) is -0.150. The first-order valence-corrected chi connectivity index (χ1v) is 6.56. The molecule has 0 aliphatic carbocycles. The molecule has 3 amide bonds. The lowest BCUT2D eigenvalue weighted by Gasteiger charge is -2.29. The third kappa shape index (κ3) is 3.35. The molecule has 1 saturated heterocycles. The molecule has 1 rings (SSSR count). The molecule has 1 heterocycles. The van der Waals surface area contributed by atoms with Crippen molar-refractivity contribution in [1.29, 1.82) is 0 Å². The van der Waals surface area contributed by atoms with E-state index < -0.39 is 12.1 Å². The van der Waals surface area contributed by atoms with Gasteiger partial charge in [0.2, 0.25) is 5.91 Å². The second-order valence-corrected chi connectivity index (χ2v) is 4.98. The molecule has 6 nitrogen and oxygen atoms in total. The predicted octanol–water partition coefficient (Wildman–Crippen LogP) is 0.163.